The van der Waals surface area contributed by atoms with Crippen LogP contribution in [0.15, 0.2) is 0 Å². The third kappa shape index (κ3) is 3.18. The molecule has 1 fully saturated rings. The van der Waals surface area contributed by atoms with E-state index < -0.39 is 9.84 Å². The minimum atomic E-state index is -2.89. The van der Waals surface area contributed by atoms with Crippen molar-refractivity contribution >= 4 is 9.84 Å². The van der Waals surface area contributed by atoms with Crippen LogP contribution in [0.25, 0.3) is 0 Å². The first-order valence-corrected chi connectivity index (χ1v) is 7.55. The van der Waals surface area contributed by atoms with Crippen LogP contribution in [0.2, 0.25) is 0 Å². The van der Waals surface area contributed by atoms with Crippen molar-refractivity contribution in [3.63, 3.8) is 0 Å². The third-order valence-corrected chi connectivity index (χ3v) is 5.91. The van der Waals surface area contributed by atoms with E-state index in [1.54, 1.807) is 13.8 Å². The Bertz CT molecular complexity index is 283. The van der Waals surface area contributed by atoms with Gasteiger partial charge in [-0.1, -0.05) is 13.3 Å². The van der Waals surface area contributed by atoms with Crippen molar-refractivity contribution in [3.05, 3.63) is 0 Å². The Kier molecular flexibility index (Phi) is 4.59. The minimum absolute atomic E-state index is 0.115. The summed E-state index contributed by atoms with van der Waals surface area (Å²) in [4.78, 5) is 0. The highest BCUT2D eigenvalue weighted by Gasteiger charge is 2.33. The van der Waals surface area contributed by atoms with E-state index in [0.717, 1.165) is 32.2 Å². The average molecular weight is 233 g/mol. The lowest BCUT2D eigenvalue weighted by Gasteiger charge is -2.30. The first kappa shape index (κ1) is 13.0. The van der Waals surface area contributed by atoms with Crippen LogP contribution < -0.4 is 5.32 Å². The molecule has 1 rings (SSSR count). The molecular formula is C11H23NO2S. The van der Waals surface area contributed by atoms with Gasteiger partial charge in [0, 0.05) is 6.04 Å². The van der Waals surface area contributed by atoms with Crippen molar-refractivity contribution in [2.24, 2.45) is 0 Å². The molecule has 3 nitrogen and oxygen atoms in total. The fraction of sp³-hybridized carbons (Fsp3) is 1.00. The number of rotatable bonds is 4. The first-order valence-electron chi connectivity index (χ1n) is 5.94. The minimum Gasteiger partial charge on any atom is -0.314 e. The molecule has 1 aliphatic carbocycles. The van der Waals surface area contributed by atoms with Gasteiger partial charge in [-0.2, -0.15) is 0 Å². The Morgan fingerprint density at radius 2 is 2.00 bits per heavy atom. The zero-order valence-corrected chi connectivity index (χ0v) is 10.8. The van der Waals surface area contributed by atoms with Crippen LogP contribution in [-0.4, -0.2) is 31.5 Å². The highest BCUT2D eigenvalue weighted by Crippen LogP contribution is 2.26. The molecule has 4 heteroatoms. The van der Waals surface area contributed by atoms with Gasteiger partial charge in [-0.05, 0) is 39.7 Å². The molecule has 90 valence electrons. The van der Waals surface area contributed by atoms with Crippen molar-refractivity contribution < 1.29 is 8.42 Å². The van der Waals surface area contributed by atoms with E-state index in [1.165, 1.54) is 0 Å². The van der Waals surface area contributed by atoms with Crippen LogP contribution in [-0.2, 0) is 9.84 Å². The Morgan fingerprint density at radius 1 is 1.33 bits per heavy atom. The Labute approximate surface area is 93.6 Å². The molecule has 2 atom stereocenters. The molecule has 1 aliphatic rings. The van der Waals surface area contributed by atoms with Crippen LogP contribution in [0.1, 0.15) is 46.5 Å². The molecule has 0 bridgehead atoms. The van der Waals surface area contributed by atoms with Crippen molar-refractivity contribution in [3.8, 4) is 0 Å². The summed E-state index contributed by atoms with van der Waals surface area (Å²) in [6, 6.07) is 0.405. The fourth-order valence-electron chi connectivity index (χ4n) is 2.30. The van der Waals surface area contributed by atoms with Crippen molar-refractivity contribution in [1.29, 1.82) is 0 Å². The van der Waals surface area contributed by atoms with Gasteiger partial charge in [-0.15, -0.1) is 0 Å². The number of hydrogen-bond donors (Lipinski definition) is 1. The monoisotopic (exact) mass is 233 g/mol. The van der Waals surface area contributed by atoms with E-state index >= 15 is 0 Å². The topological polar surface area (TPSA) is 46.2 Å². The summed E-state index contributed by atoms with van der Waals surface area (Å²) < 4.78 is 24.0. The van der Waals surface area contributed by atoms with Gasteiger partial charge in [0.15, 0.2) is 9.84 Å². The van der Waals surface area contributed by atoms with Gasteiger partial charge in [0.1, 0.15) is 0 Å². The number of hydrogen-bond acceptors (Lipinski definition) is 3. The molecule has 1 saturated carbocycles. The molecule has 0 aromatic heterocycles. The van der Waals surface area contributed by atoms with Crippen molar-refractivity contribution in [2.45, 2.75) is 63.0 Å². The van der Waals surface area contributed by atoms with Gasteiger partial charge in [0.25, 0.3) is 0 Å². The lowest BCUT2D eigenvalue weighted by molar-refractivity contribution is 0.376. The normalized spacial score (nSPS) is 28.3. The molecule has 0 amide bonds. The summed E-state index contributed by atoms with van der Waals surface area (Å²) in [5.74, 6) is 0. The zero-order valence-electron chi connectivity index (χ0n) is 9.99. The average Bonchev–Trinajstić information content (AvgIpc) is 2.18. The van der Waals surface area contributed by atoms with E-state index in [0.29, 0.717) is 6.04 Å². The van der Waals surface area contributed by atoms with Crippen LogP contribution in [0.3, 0.4) is 0 Å². The van der Waals surface area contributed by atoms with E-state index in [-0.39, 0.29) is 10.5 Å². The summed E-state index contributed by atoms with van der Waals surface area (Å²) in [5.41, 5.74) is 0. The third-order valence-electron chi connectivity index (χ3n) is 3.24. The molecule has 0 heterocycles. The van der Waals surface area contributed by atoms with Gasteiger partial charge in [0.2, 0.25) is 0 Å². The van der Waals surface area contributed by atoms with Gasteiger partial charge in [-0.25, -0.2) is 8.42 Å². The maximum atomic E-state index is 12.0. The Hall–Kier alpha value is -0.0900. The molecule has 0 aromatic carbocycles. The maximum absolute atomic E-state index is 12.0. The van der Waals surface area contributed by atoms with Crippen LogP contribution >= 0.6 is 0 Å². The maximum Gasteiger partial charge on any atom is 0.155 e. The second-order valence-corrected chi connectivity index (χ2v) is 7.47. The van der Waals surface area contributed by atoms with E-state index in [9.17, 15) is 8.42 Å². The standard InChI is InChI=1S/C11H23NO2S/c1-4-12-10-6-5-7-11(8-10)15(13,14)9(2)3/h9-12H,4-8H2,1-3H3. The van der Waals surface area contributed by atoms with Gasteiger partial charge >= 0.3 is 0 Å². The summed E-state index contributed by atoms with van der Waals surface area (Å²) in [6.45, 7) is 6.57. The van der Waals surface area contributed by atoms with Gasteiger partial charge in [0.05, 0.1) is 10.5 Å². The highest BCUT2D eigenvalue weighted by molar-refractivity contribution is 7.92. The molecule has 0 aliphatic heterocycles. The second-order valence-electron chi connectivity index (χ2n) is 4.68. The molecular weight excluding hydrogens is 210 g/mol. The molecule has 15 heavy (non-hydrogen) atoms. The van der Waals surface area contributed by atoms with Gasteiger partial charge in [-0.3, -0.25) is 0 Å². The highest BCUT2D eigenvalue weighted by atomic mass is 32.2. The summed E-state index contributed by atoms with van der Waals surface area (Å²) >= 11 is 0. The SMILES string of the molecule is CCNC1CCCC(S(=O)(=O)C(C)C)C1. The summed E-state index contributed by atoms with van der Waals surface area (Å²) in [6.07, 6.45) is 3.81. The lowest BCUT2D eigenvalue weighted by atomic mass is 9.95. The van der Waals surface area contributed by atoms with Gasteiger partial charge < -0.3 is 5.32 Å². The quantitative estimate of drug-likeness (QED) is 0.804. The van der Waals surface area contributed by atoms with Crippen molar-refractivity contribution in [1.82, 2.24) is 5.32 Å². The predicted octanol–water partition coefficient (Wildman–Crippen LogP) is 1.73. The van der Waals surface area contributed by atoms with E-state index in [1.807, 2.05) is 0 Å². The Morgan fingerprint density at radius 3 is 2.53 bits per heavy atom. The first-order chi connectivity index (χ1) is 6.98. The van der Waals surface area contributed by atoms with E-state index in [2.05, 4.69) is 12.2 Å². The zero-order chi connectivity index (χ0) is 11.5. The largest absolute Gasteiger partial charge is 0.314 e. The van der Waals surface area contributed by atoms with Crippen LogP contribution in [0.4, 0.5) is 0 Å². The lowest BCUT2D eigenvalue weighted by Crippen LogP contribution is -2.40. The van der Waals surface area contributed by atoms with Crippen LogP contribution in [0.5, 0.6) is 0 Å². The predicted molar refractivity (Wildman–Crippen MR) is 63.8 cm³/mol. The Balaban J connectivity index is 2.64. The molecule has 1 N–H and O–H groups in total. The van der Waals surface area contributed by atoms with E-state index in [4.69, 9.17) is 0 Å². The molecule has 0 radical (unpaired) electrons. The summed E-state index contributed by atoms with van der Waals surface area (Å²) in [5, 5.41) is 3.01. The fourth-order valence-corrected chi connectivity index (χ4v) is 4.07. The second kappa shape index (κ2) is 5.30. The van der Waals surface area contributed by atoms with Crippen molar-refractivity contribution in [2.75, 3.05) is 6.54 Å². The molecule has 0 spiro atoms. The molecule has 0 saturated heterocycles. The smallest absolute Gasteiger partial charge is 0.155 e. The molecule has 2 unspecified atom stereocenters. The number of sulfone groups is 1. The molecule has 0 aromatic rings. The number of nitrogens with one attached hydrogen (secondary N) is 1. The van der Waals surface area contributed by atoms with Crippen LogP contribution in [0, 0.1) is 0 Å². The summed E-state index contributed by atoms with van der Waals surface area (Å²) in [7, 11) is -2.89.